The van der Waals surface area contributed by atoms with E-state index >= 15 is 4.39 Å². The summed E-state index contributed by atoms with van der Waals surface area (Å²) < 4.78 is 59.7. The van der Waals surface area contributed by atoms with E-state index in [-0.39, 0.29) is 54.5 Å². The second kappa shape index (κ2) is 19.3. The predicted molar refractivity (Wildman–Crippen MR) is 202 cm³/mol. The van der Waals surface area contributed by atoms with Crippen LogP contribution in [0.3, 0.4) is 0 Å². The van der Waals surface area contributed by atoms with Crippen molar-refractivity contribution in [1.82, 2.24) is 24.7 Å². The van der Waals surface area contributed by atoms with Gasteiger partial charge < -0.3 is 14.6 Å². The molecule has 1 saturated carbocycles. The van der Waals surface area contributed by atoms with Gasteiger partial charge in [-0.05, 0) is 25.3 Å². The summed E-state index contributed by atoms with van der Waals surface area (Å²) in [5, 5.41) is 17.3. The van der Waals surface area contributed by atoms with Crippen LogP contribution in [0.15, 0.2) is 90.2 Å². The average molecular weight is 846 g/mol. The fourth-order valence-corrected chi connectivity index (χ4v) is 6.34. The van der Waals surface area contributed by atoms with Crippen LogP contribution in [0.1, 0.15) is 66.0 Å². The molecule has 57 heavy (non-hydrogen) atoms. The van der Waals surface area contributed by atoms with Gasteiger partial charge in [-0.2, -0.15) is 0 Å². The molecule has 15 nitrogen and oxygen atoms in total. The van der Waals surface area contributed by atoms with Crippen LogP contribution < -0.4 is 19.5 Å². The molecule has 1 fully saturated rings. The minimum absolute atomic E-state index is 0.0163. The van der Waals surface area contributed by atoms with Gasteiger partial charge in [0, 0.05) is 19.3 Å². The van der Waals surface area contributed by atoms with E-state index in [0.717, 1.165) is 11.1 Å². The van der Waals surface area contributed by atoms with Crippen LogP contribution in [-0.2, 0) is 9.47 Å². The van der Waals surface area contributed by atoms with Gasteiger partial charge in [-0.15, -0.1) is 0 Å². The number of carbonyl (C=O) groups is 2. The van der Waals surface area contributed by atoms with E-state index in [2.05, 4.69) is 47.2 Å². The van der Waals surface area contributed by atoms with Gasteiger partial charge in [-0.25, -0.2) is 9.18 Å². The number of amides is 1. The Balaban J connectivity index is 1.34. The zero-order chi connectivity index (χ0) is 40.3. The summed E-state index contributed by atoms with van der Waals surface area (Å²) in [7, 11) is 1.40. The molecule has 0 aliphatic heterocycles. The molecule has 1 amide bonds. The summed E-state index contributed by atoms with van der Waals surface area (Å²) in [5.41, 5.74) is 1.52. The van der Waals surface area contributed by atoms with Crippen LogP contribution in [0, 0.1) is 5.82 Å². The van der Waals surface area contributed by atoms with Gasteiger partial charge in [-0.1, -0.05) is 6.42 Å². The zero-order valence-corrected chi connectivity index (χ0v) is 32.7. The monoisotopic (exact) mass is 845 g/mol. The van der Waals surface area contributed by atoms with Gasteiger partial charge >= 0.3 is 242 Å². The number of aliphatic hydroxyl groups is 1. The van der Waals surface area contributed by atoms with Crippen molar-refractivity contribution < 1.29 is 47.2 Å². The number of hydrogen-bond donors (Lipinski definition) is 2. The number of aromatic nitrogens is 5. The Labute approximate surface area is 334 Å². The number of hydrogen-bond acceptors (Lipinski definition) is 13. The second-order valence-corrected chi connectivity index (χ2v) is 13.5. The first-order valence-electron chi connectivity index (χ1n) is 17.9. The molecule has 2 unspecified atom stereocenters. The first-order chi connectivity index (χ1) is 27.6. The SMILES string of the molecule is COc1cc(OCCO)c(F)c(C(Nc2ccc(C([As])=NC(=O)c3ccccc3)cc2)c2nc(O[C@H](C)OC(=O)OC3CCCC[C@@H]3F)n(-c3ncccn3)n2)c1. The Morgan fingerprint density at radius 3 is 2.47 bits per heavy atom. The van der Waals surface area contributed by atoms with E-state index in [4.69, 9.17) is 23.7 Å². The molecule has 2 aromatic heterocycles. The van der Waals surface area contributed by atoms with Gasteiger partial charge in [0.25, 0.3) is 0 Å². The number of halogens is 2. The average Bonchev–Trinajstić information content (AvgIpc) is 3.64. The summed E-state index contributed by atoms with van der Waals surface area (Å²) in [4.78, 5) is 42.6. The van der Waals surface area contributed by atoms with Crippen LogP contribution in [0.5, 0.6) is 17.5 Å². The van der Waals surface area contributed by atoms with E-state index in [9.17, 15) is 19.1 Å². The number of nitrogens with zero attached hydrogens (tertiary/aromatic N) is 6. The van der Waals surface area contributed by atoms with Gasteiger partial charge in [0.15, 0.2) is 0 Å². The molecule has 0 bridgehead atoms. The molecule has 3 aromatic carbocycles. The Bertz CT molecular complexity index is 2160. The van der Waals surface area contributed by atoms with Crippen molar-refractivity contribution >= 4 is 39.1 Å². The fourth-order valence-electron chi connectivity index (χ4n) is 5.84. The number of nitrogens with one attached hydrogen (secondary N) is 1. The van der Waals surface area contributed by atoms with Crippen molar-refractivity contribution in [3.05, 3.63) is 114 Å². The van der Waals surface area contributed by atoms with E-state index in [0.29, 0.717) is 34.2 Å². The quantitative estimate of drug-likeness (QED) is 0.0568. The molecule has 18 heteroatoms. The van der Waals surface area contributed by atoms with Gasteiger partial charge in [0.1, 0.15) is 12.3 Å². The number of methoxy groups -OCH3 is 1. The number of carbonyl (C=O) groups excluding carboxylic acids is 2. The molecule has 6 rings (SSSR count). The van der Waals surface area contributed by atoms with Crippen LogP contribution in [0.4, 0.5) is 19.3 Å². The zero-order valence-electron chi connectivity index (χ0n) is 30.8. The summed E-state index contributed by atoms with van der Waals surface area (Å²) in [6.07, 6.45) is 0.349. The number of aliphatic hydroxyl groups excluding tert-OH is 1. The van der Waals surface area contributed by atoms with Gasteiger partial charge in [0.05, 0.1) is 6.61 Å². The molecule has 1 aliphatic carbocycles. The fraction of sp³-hybridized carbons (Fsp3) is 0.308. The molecule has 296 valence electrons. The molecule has 4 atom stereocenters. The Hall–Kier alpha value is -5.93. The number of ether oxygens (including phenoxy) is 5. The summed E-state index contributed by atoms with van der Waals surface area (Å²) in [5.74, 6) is -1.22. The normalized spacial score (nSPS) is 16.6. The van der Waals surface area contributed by atoms with Crippen LogP contribution in [-0.4, -0.2) is 102 Å². The van der Waals surface area contributed by atoms with Gasteiger partial charge in [-0.3, -0.25) is 0 Å². The standard InChI is InChI=1S/C39H38AsF2N7O8/c1-23(56-39(52)57-30-12-7-6-11-29(30)41)55-38-47-35(48-49(38)37-43-17-8-18-44-37)33(28-21-27(53-2)22-31(32(28)42)54-20-19-50)45-26-15-13-24(14-16-26)34(40)46-36(51)25-9-4-3-5-10-25/h3-5,8-10,13-18,21-23,29-30,33,45,50H,6-7,11-12,19-20H2,1-2H3/t23-,29-,30?,33?/m0/s1. The predicted octanol–water partition coefficient (Wildman–Crippen LogP) is 5.69. The van der Waals surface area contributed by atoms with Crippen molar-refractivity contribution in [2.24, 2.45) is 4.99 Å². The number of benzene rings is 3. The number of alkyl halides is 1. The Morgan fingerprint density at radius 2 is 1.77 bits per heavy atom. The maximum absolute atomic E-state index is 16.4. The van der Waals surface area contributed by atoms with Crippen molar-refractivity contribution in [3.63, 3.8) is 0 Å². The summed E-state index contributed by atoms with van der Waals surface area (Å²) >= 11 is 2.27. The third kappa shape index (κ3) is 10.5. The summed E-state index contributed by atoms with van der Waals surface area (Å²) in [6.45, 7) is 0.838. The van der Waals surface area contributed by atoms with Crippen LogP contribution >= 0.6 is 0 Å². The third-order valence-electron chi connectivity index (χ3n) is 8.62. The van der Waals surface area contributed by atoms with E-state index in [1.807, 2.05) is 6.07 Å². The molecule has 0 saturated heterocycles. The Morgan fingerprint density at radius 1 is 1.04 bits per heavy atom. The van der Waals surface area contributed by atoms with E-state index in [1.54, 1.807) is 54.6 Å². The number of anilines is 1. The Kier molecular flexibility index (Phi) is 13.8. The number of aliphatic imine (C=N–C) groups is 1. The first-order valence-corrected chi connectivity index (χ1v) is 18.8. The molecular formula is C39H38AsF2N7O8. The van der Waals surface area contributed by atoms with Crippen LogP contribution in [0.25, 0.3) is 5.95 Å². The summed E-state index contributed by atoms with van der Waals surface area (Å²) in [6, 6.07) is 18.4. The first kappa shape index (κ1) is 40.7. The van der Waals surface area contributed by atoms with Crippen molar-refractivity contribution in [2.75, 3.05) is 25.6 Å². The topological polar surface area (TPSA) is 181 Å². The maximum atomic E-state index is 16.4. The number of rotatable bonds is 15. The van der Waals surface area contributed by atoms with E-state index < -0.39 is 42.5 Å². The second-order valence-electron chi connectivity index (χ2n) is 12.6. The van der Waals surface area contributed by atoms with Crippen molar-refractivity contribution in [1.29, 1.82) is 0 Å². The molecular weight excluding hydrogens is 807 g/mol. The molecule has 2 N–H and O–H groups in total. The molecule has 1 aliphatic rings. The van der Waals surface area contributed by atoms with Gasteiger partial charge in [0.2, 0.25) is 0 Å². The van der Waals surface area contributed by atoms with E-state index in [1.165, 1.54) is 38.6 Å². The van der Waals surface area contributed by atoms with Crippen LogP contribution in [0.2, 0.25) is 0 Å². The molecule has 2 heterocycles. The third-order valence-corrected chi connectivity index (χ3v) is 9.37. The molecule has 2 radical (unpaired) electrons. The molecule has 5 aromatic rings. The molecule has 0 spiro atoms. The van der Waals surface area contributed by atoms with Crippen molar-refractivity contribution in [3.8, 4) is 23.5 Å². The van der Waals surface area contributed by atoms with Crippen molar-refractivity contribution in [2.45, 2.75) is 57.2 Å². The minimum atomic E-state index is -1.32.